The van der Waals surface area contributed by atoms with Crippen LogP contribution in [0.2, 0.25) is 0 Å². The smallest absolute Gasteiger partial charge is 0.192 e. The van der Waals surface area contributed by atoms with Crippen molar-refractivity contribution in [1.82, 2.24) is 24.7 Å². The van der Waals surface area contributed by atoms with Gasteiger partial charge in [0.1, 0.15) is 21.8 Å². The van der Waals surface area contributed by atoms with Gasteiger partial charge in [0.05, 0.1) is 0 Å². The molecule has 0 fully saturated rings. The maximum atomic E-state index is 4.49. The topological polar surface area (TPSA) is 56.5 Å². The number of rotatable bonds is 3. The molecule has 0 aliphatic heterocycles. The molecule has 7 heteroatoms. The molecule has 0 saturated carbocycles. The van der Waals surface area contributed by atoms with Gasteiger partial charge in [-0.2, -0.15) is 5.10 Å². The van der Waals surface area contributed by atoms with Gasteiger partial charge in [-0.3, -0.25) is 0 Å². The van der Waals surface area contributed by atoms with Crippen molar-refractivity contribution in [2.75, 3.05) is 0 Å². The Hall–Kier alpha value is -0.950. The van der Waals surface area contributed by atoms with Gasteiger partial charge in [0.15, 0.2) is 5.16 Å². The fraction of sp³-hybridized carbons (Fsp3) is 0.400. The second-order valence-electron chi connectivity index (χ2n) is 3.81. The Labute approximate surface area is 112 Å². The van der Waals surface area contributed by atoms with Gasteiger partial charge in [0.25, 0.3) is 0 Å². The summed E-state index contributed by atoms with van der Waals surface area (Å²) in [5, 5.41) is 5.70. The van der Waals surface area contributed by atoms with Crippen LogP contribution in [-0.4, -0.2) is 24.7 Å². The van der Waals surface area contributed by atoms with E-state index in [1.807, 2.05) is 13.1 Å². The number of aromatic nitrogens is 5. The summed E-state index contributed by atoms with van der Waals surface area (Å²) in [5.41, 5.74) is 0. The van der Waals surface area contributed by atoms with Crippen LogP contribution in [-0.2, 0) is 7.05 Å². The molecule has 0 bridgehead atoms. The van der Waals surface area contributed by atoms with Crippen LogP contribution in [0.1, 0.15) is 25.6 Å². The first-order valence-electron chi connectivity index (χ1n) is 5.12. The van der Waals surface area contributed by atoms with Crippen LogP contribution in [0.25, 0.3) is 0 Å². The van der Waals surface area contributed by atoms with E-state index in [-0.39, 0.29) is 0 Å². The van der Waals surface area contributed by atoms with Gasteiger partial charge in [-0.15, -0.1) is 0 Å². The van der Waals surface area contributed by atoms with Crippen molar-refractivity contribution in [3.63, 3.8) is 0 Å². The second-order valence-corrected chi connectivity index (χ2v) is 5.61. The molecule has 2 aromatic heterocycles. The lowest BCUT2D eigenvalue weighted by Gasteiger charge is -2.06. The molecule has 0 saturated heterocycles. The number of hydrogen-bond acceptors (Lipinski definition) is 5. The van der Waals surface area contributed by atoms with E-state index >= 15 is 0 Å². The highest BCUT2D eigenvalue weighted by Gasteiger charge is 2.10. The van der Waals surface area contributed by atoms with Gasteiger partial charge in [0.2, 0.25) is 0 Å². The number of aryl methyl sites for hydroxylation is 1. The zero-order valence-electron chi connectivity index (χ0n) is 9.75. The summed E-state index contributed by atoms with van der Waals surface area (Å²) in [6, 6.07) is 1.88. The van der Waals surface area contributed by atoms with Crippen LogP contribution in [0.3, 0.4) is 0 Å². The Bertz CT molecular complexity index is 525. The number of halogens is 1. The van der Waals surface area contributed by atoms with Gasteiger partial charge >= 0.3 is 0 Å². The third-order valence-corrected chi connectivity index (χ3v) is 3.45. The summed E-state index contributed by atoms with van der Waals surface area (Å²) in [4.78, 5) is 13.0. The van der Waals surface area contributed by atoms with Gasteiger partial charge in [0, 0.05) is 19.0 Å². The molecular formula is C10H12BrN5S. The molecule has 0 radical (unpaired) electrons. The molecule has 90 valence electrons. The van der Waals surface area contributed by atoms with Crippen LogP contribution in [0.15, 0.2) is 27.2 Å². The molecule has 2 heterocycles. The highest BCUT2D eigenvalue weighted by molar-refractivity contribution is 9.10. The van der Waals surface area contributed by atoms with Crippen LogP contribution in [0.5, 0.6) is 0 Å². The van der Waals surface area contributed by atoms with E-state index in [1.165, 1.54) is 18.1 Å². The van der Waals surface area contributed by atoms with Crippen molar-refractivity contribution in [1.29, 1.82) is 0 Å². The Balaban J connectivity index is 2.30. The molecule has 2 aromatic rings. The Kier molecular flexibility index (Phi) is 3.78. The lowest BCUT2D eigenvalue weighted by molar-refractivity contribution is 0.683. The molecule has 0 atom stereocenters. The Morgan fingerprint density at radius 1 is 1.35 bits per heavy atom. The van der Waals surface area contributed by atoms with E-state index in [4.69, 9.17) is 0 Å². The van der Waals surface area contributed by atoms with Gasteiger partial charge in [-0.25, -0.2) is 19.6 Å². The molecule has 0 aliphatic carbocycles. The van der Waals surface area contributed by atoms with E-state index < -0.39 is 0 Å². The summed E-state index contributed by atoms with van der Waals surface area (Å²) < 4.78 is 2.51. The minimum absolute atomic E-state index is 0.298. The molecule has 2 rings (SSSR count). The van der Waals surface area contributed by atoms with Crippen LogP contribution in [0, 0.1) is 0 Å². The molecule has 17 heavy (non-hydrogen) atoms. The molecule has 0 aliphatic rings. The Morgan fingerprint density at radius 2 is 2.12 bits per heavy atom. The van der Waals surface area contributed by atoms with Crippen molar-refractivity contribution in [2.45, 2.75) is 29.9 Å². The van der Waals surface area contributed by atoms with Gasteiger partial charge in [-0.1, -0.05) is 13.8 Å². The first-order chi connectivity index (χ1) is 8.06. The normalized spacial score (nSPS) is 11.1. The maximum Gasteiger partial charge on any atom is 0.192 e. The van der Waals surface area contributed by atoms with Crippen molar-refractivity contribution in [3.8, 4) is 0 Å². The van der Waals surface area contributed by atoms with Crippen molar-refractivity contribution in [3.05, 3.63) is 22.8 Å². The Morgan fingerprint density at radius 3 is 2.71 bits per heavy atom. The zero-order chi connectivity index (χ0) is 12.4. The predicted molar refractivity (Wildman–Crippen MR) is 68.9 cm³/mol. The minimum atomic E-state index is 0.298. The molecule has 5 nitrogen and oxygen atoms in total. The predicted octanol–water partition coefficient (Wildman–Crippen LogP) is 2.64. The standard InChI is InChI=1S/C10H12BrN5S/c1-6(2)9-14-7(11)4-8(15-9)17-10-12-5-13-16(10)3/h4-6H,1-3H3. The van der Waals surface area contributed by atoms with E-state index in [2.05, 4.69) is 49.8 Å². The van der Waals surface area contributed by atoms with Crippen LogP contribution >= 0.6 is 27.7 Å². The maximum absolute atomic E-state index is 4.49. The molecule has 0 aromatic carbocycles. The van der Waals surface area contributed by atoms with Crippen molar-refractivity contribution in [2.24, 2.45) is 7.05 Å². The fourth-order valence-corrected chi connectivity index (χ4v) is 2.52. The highest BCUT2D eigenvalue weighted by Crippen LogP contribution is 2.26. The van der Waals surface area contributed by atoms with Gasteiger partial charge in [-0.05, 0) is 27.7 Å². The lowest BCUT2D eigenvalue weighted by atomic mass is 10.2. The molecule has 0 spiro atoms. The average Bonchev–Trinajstić information content (AvgIpc) is 2.63. The SMILES string of the molecule is CC(C)c1nc(Br)cc(Sc2ncnn2C)n1. The first-order valence-corrected chi connectivity index (χ1v) is 6.73. The molecular weight excluding hydrogens is 302 g/mol. The lowest BCUT2D eigenvalue weighted by Crippen LogP contribution is -2.00. The highest BCUT2D eigenvalue weighted by atomic mass is 79.9. The summed E-state index contributed by atoms with van der Waals surface area (Å²) in [5.74, 6) is 1.12. The number of nitrogens with zero attached hydrogens (tertiary/aromatic N) is 5. The third kappa shape index (κ3) is 3.04. The van der Waals surface area contributed by atoms with Crippen LogP contribution < -0.4 is 0 Å². The van der Waals surface area contributed by atoms with E-state index in [0.29, 0.717) is 5.92 Å². The van der Waals surface area contributed by atoms with Gasteiger partial charge < -0.3 is 0 Å². The zero-order valence-corrected chi connectivity index (χ0v) is 12.2. The summed E-state index contributed by atoms with van der Waals surface area (Å²) in [7, 11) is 1.86. The van der Waals surface area contributed by atoms with Crippen LogP contribution in [0.4, 0.5) is 0 Å². The van der Waals surface area contributed by atoms with Crippen molar-refractivity contribution >= 4 is 27.7 Å². The minimum Gasteiger partial charge on any atom is -0.244 e. The van der Waals surface area contributed by atoms with E-state index in [1.54, 1.807) is 4.68 Å². The van der Waals surface area contributed by atoms with Crippen molar-refractivity contribution < 1.29 is 0 Å². The summed E-state index contributed by atoms with van der Waals surface area (Å²) >= 11 is 4.87. The summed E-state index contributed by atoms with van der Waals surface area (Å²) in [6.07, 6.45) is 1.53. The van der Waals surface area contributed by atoms with E-state index in [0.717, 1.165) is 20.6 Å². The quantitative estimate of drug-likeness (QED) is 0.815. The second kappa shape index (κ2) is 5.14. The largest absolute Gasteiger partial charge is 0.244 e. The molecule has 0 amide bonds. The molecule has 0 unspecified atom stereocenters. The third-order valence-electron chi connectivity index (χ3n) is 2.07. The monoisotopic (exact) mass is 313 g/mol. The molecule has 0 N–H and O–H groups in total. The fourth-order valence-electron chi connectivity index (χ4n) is 1.20. The summed E-state index contributed by atoms with van der Waals surface area (Å²) in [6.45, 7) is 4.14. The van der Waals surface area contributed by atoms with E-state index in [9.17, 15) is 0 Å². The number of hydrogen-bond donors (Lipinski definition) is 0. The first kappa shape index (κ1) is 12.5. The average molecular weight is 314 g/mol.